The van der Waals surface area contributed by atoms with E-state index in [4.69, 9.17) is 0 Å². The molecule has 1 aromatic rings. The molecule has 0 aliphatic rings. The lowest BCUT2D eigenvalue weighted by atomic mass is 10.2. The highest BCUT2D eigenvalue weighted by Gasteiger charge is 2.09. The lowest BCUT2D eigenvalue weighted by Crippen LogP contribution is -2.26. The average Bonchev–Trinajstić information content (AvgIpc) is 2.51. The van der Waals surface area contributed by atoms with E-state index >= 15 is 0 Å². The topological polar surface area (TPSA) is 46.9 Å². The maximum atomic E-state index is 11.0. The van der Waals surface area contributed by atoms with Crippen LogP contribution in [0.25, 0.3) is 0 Å². The molecule has 0 saturated carbocycles. The van der Waals surface area contributed by atoms with Crippen LogP contribution in [-0.4, -0.2) is 15.7 Å². The minimum atomic E-state index is -0.172. The number of amides is 1. The molecule has 1 atom stereocenters. The number of aryl methyl sites for hydroxylation is 1. The van der Waals surface area contributed by atoms with E-state index in [1.807, 2.05) is 20.0 Å². The van der Waals surface area contributed by atoms with Crippen LogP contribution in [0.4, 0.5) is 0 Å². The number of nitrogens with zero attached hydrogens (tertiary/aromatic N) is 2. The van der Waals surface area contributed by atoms with Gasteiger partial charge in [-0.05, 0) is 19.1 Å². The minimum Gasteiger partial charge on any atom is -0.344 e. The first-order chi connectivity index (χ1) is 6.15. The van der Waals surface area contributed by atoms with Crippen molar-refractivity contribution in [3.05, 3.63) is 30.6 Å². The van der Waals surface area contributed by atoms with Gasteiger partial charge in [0.1, 0.15) is 0 Å². The molecule has 0 radical (unpaired) electrons. The lowest BCUT2D eigenvalue weighted by molar-refractivity contribution is -0.117. The van der Waals surface area contributed by atoms with Gasteiger partial charge in [-0.25, -0.2) is 0 Å². The van der Waals surface area contributed by atoms with Gasteiger partial charge in [-0.3, -0.25) is 9.48 Å². The second kappa shape index (κ2) is 3.89. The zero-order chi connectivity index (χ0) is 9.84. The summed E-state index contributed by atoms with van der Waals surface area (Å²) in [5, 5.41) is 6.77. The van der Waals surface area contributed by atoms with Gasteiger partial charge in [0.2, 0.25) is 5.91 Å². The average molecular weight is 179 g/mol. The molecule has 0 unspecified atom stereocenters. The molecular weight excluding hydrogens is 166 g/mol. The molecule has 0 aliphatic carbocycles. The summed E-state index contributed by atoms with van der Waals surface area (Å²) < 4.78 is 1.73. The van der Waals surface area contributed by atoms with Crippen molar-refractivity contribution in [2.75, 3.05) is 0 Å². The molecular formula is C9H13N3O. The van der Waals surface area contributed by atoms with Crippen LogP contribution < -0.4 is 5.32 Å². The number of rotatable bonds is 3. The summed E-state index contributed by atoms with van der Waals surface area (Å²) in [5.74, 6) is -0.172. The zero-order valence-electron chi connectivity index (χ0n) is 7.82. The largest absolute Gasteiger partial charge is 0.344 e. The van der Waals surface area contributed by atoms with Gasteiger partial charge in [-0.1, -0.05) is 6.58 Å². The fraction of sp³-hybridized carbons (Fsp3) is 0.333. The van der Waals surface area contributed by atoms with Crippen molar-refractivity contribution in [3.8, 4) is 0 Å². The standard InChI is InChI=1S/C9H13N3O/c1-4-9(13)11-7(2)8-5-6-10-12(8)3/h4-7H,1H2,2-3H3,(H,11,13)/t7-/m0/s1. The Hall–Kier alpha value is -1.58. The molecule has 0 saturated heterocycles. The summed E-state index contributed by atoms with van der Waals surface area (Å²) in [6.45, 7) is 5.28. The highest BCUT2D eigenvalue weighted by molar-refractivity contribution is 5.87. The van der Waals surface area contributed by atoms with Crippen LogP contribution >= 0.6 is 0 Å². The van der Waals surface area contributed by atoms with Gasteiger partial charge in [0, 0.05) is 13.2 Å². The van der Waals surface area contributed by atoms with Crippen molar-refractivity contribution >= 4 is 5.91 Å². The van der Waals surface area contributed by atoms with Crippen LogP contribution in [0.15, 0.2) is 24.9 Å². The van der Waals surface area contributed by atoms with Gasteiger partial charge in [0.15, 0.2) is 0 Å². The number of carbonyl (C=O) groups is 1. The smallest absolute Gasteiger partial charge is 0.243 e. The Morgan fingerprint density at radius 3 is 3.00 bits per heavy atom. The molecule has 1 aromatic heterocycles. The van der Waals surface area contributed by atoms with Crippen LogP contribution in [0, 0.1) is 0 Å². The Morgan fingerprint density at radius 2 is 2.54 bits per heavy atom. The Bertz CT molecular complexity index is 316. The van der Waals surface area contributed by atoms with Crippen molar-refractivity contribution in [2.45, 2.75) is 13.0 Å². The fourth-order valence-corrected chi connectivity index (χ4v) is 1.16. The lowest BCUT2D eigenvalue weighted by Gasteiger charge is -2.12. The number of hydrogen-bond acceptors (Lipinski definition) is 2. The van der Waals surface area contributed by atoms with Crippen molar-refractivity contribution in [1.29, 1.82) is 0 Å². The molecule has 0 aromatic carbocycles. The van der Waals surface area contributed by atoms with Crippen molar-refractivity contribution in [2.24, 2.45) is 7.05 Å². The summed E-state index contributed by atoms with van der Waals surface area (Å²) >= 11 is 0. The Labute approximate surface area is 77.3 Å². The van der Waals surface area contributed by atoms with Gasteiger partial charge in [-0.15, -0.1) is 0 Å². The van der Waals surface area contributed by atoms with Gasteiger partial charge in [-0.2, -0.15) is 5.10 Å². The van der Waals surface area contributed by atoms with Crippen LogP contribution in [0.2, 0.25) is 0 Å². The van der Waals surface area contributed by atoms with Gasteiger partial charge in [0.25, 0.3) is 0 Å². The first-order valence-corrected chi connectivity index (χ1v) is 4.06. The van der Waals surface area contributed by atoms with Crippen LogP contribution in [-0.2, 0) is 11.8 Å². The van der Waals surface area contributed by atoms with Crippen LogP contribution in [0.1, 0.15) is 18.7 Å². The van der Waals surface area contributed by atoms with Gasteiger partial charge < -0.3 is 5.32 Å². The third-order valence-electron chi connectivity index (χ3n) is 1.85. The van der Waals surface area contributed by atoms with E-state index in [-0.39, 0.29) is 11.9 Å². The number of aromatic nitrogens is 2. The molecule has 0 aliphatic heterocycles. The van der Waals surface area contributed by atoms with Crippen molar-refractivity contribution < 1.29 is 4.79 Å². The Balaban J connectivity index is 2.68. The summed E-state index contributed by atoms with van der Waals surface area (Å²) in [6.07, 6.45) is 2.96. The van der Waals surface area contributed by atoms with Crippen molar-refractivity contribution in [1.82, 2.24) is 15.1 Å². The Morgan fingerprint density at radius 1 is 1.85 bits per heavy atom. The van der Waals surface area contributed by atoms with Crippen molar-refractivity contribution in [3.63, 3.8) is 0 Å². The van der Waals surface area contributed by atoms with Crippen LogP contribution in [0.5, 0.6) is 0 Å². The van der Waals surface area contributed by atoms with Crippen LogP contribution in [0.3, 0.4) is 0 Å². The number of carbonyl (C=O) groups excluding carboxylic acids is 1. The summed E-state index contributed by atoms with van der Waals surface area (Å²) in [6, 6.07) is 1.83. The molecule has 1 amide bonds. The monoisotopic (exact) mass is 179 g/mol. The Kier molecular flexibility index (Phi) is 2.84. The SMILES string of the molecule is C=CC(=O)N[C@@H](C)c1ccnn1C. The molecule has 70 valence electrons. The predicted octanol–water partition coefficient (Wildman–Crippen LogP) is 0.783. The summed E-state index contributed by atoms with van der Waals surface area (Å²) in [5.41, 5.74) is 0.968. The van der Waals surface area contributed by atoms with E-state index in [9.17, 15) is 4.79 Å². The number of nitrogens with one attached hydrogen (secondary N) is 1. The molecule has 0 spiro atoms. The third kappa shape index (κ3) is 2.18. The highest BCUT2D eigenvalue weighted by atomic mass is 16.1. The maximum Gasteiger partial charge on any atom is 0.243 e. The molecule has 0 fully saturated rings. The molecule has 1 heterocycles. The maximum absolute atomic E-state index is 11.0. The van der Waals surface area contributed by atoms with E-state index in [1.165, 1.54) is 6.08 Å². The van der Waals surface area contributed by atoms with E-state index in [1.54, 1.807) is 10.9 Å². The number of hydrogen-bond donors (Lipinski definition) is 1. The fourth-order valence-electron chi connectivity index (χ4n) is 1.16. The minimum absolute atomic E-state index is 0.0435. The zero-order valence-corrected chi connectivity index (χ0v) is 7.82. The quantitative estimate of drug-likeness (QED) is 0.697. The molecule has 1 rings (SSSR count). The highest BCUT2D eigenvalue weighted by Crippen LogP contribution is 2.09. The summed E-state index contributed by atoms with van der Waals surface area (Å²) in [7, 11) is 1.84. The van der Waals surface area contributed by atoms with E-state index < -0.39 is 0 Å². The molecule has 1 N–H and O–H groups in total. The molecule has 4 heteroatoms. The molecule has 13 heavy (non-hydrogen) atoms. The van der Waals surface area contributed by atoms with Gasteiger partial charge in [0.05, 0.1) is 11.7 Å². The van der Waals surface area contributed by atoms with E-state index in [2.05, 4.69) is 17.0 Å². The molecule has 0 bridgehead atoms. The summed E-state index contributed by atoms with van der Waals surface area (Å²) in [4.78, 5) is 11.0. The normalized spacial score (nSPS) is 12.2. The second-order valence-electron chi connectivity index (χ2n) is 2.81. The molecule has 4 nitrogen and oxygen atoms in total. The first-order valence-electron chi connectivity index (χ1n) is 4.06. The predicted molar refractivity (Wildman–Crippen MR) is 50.0 cm³/mol. The van der Waals surface area contributed by atoms with E-state index in [0.717, 1.165) is 5.69 Å². The first kappa shape index (κ1) is 9.51. The second-order valence-corrected chi connectivity index (χ2v) is 2.81. The third-order valence-corrected chi connectivity index (χ3v) is 1.85. The van der Waals surface area contributed by atoms with E-state index in [0.29, 0.717) is 0 Å². The van der Waals surface area contributed by atoms with Gasteiger partial charge >= 0.3 is 0 Å².